The molecule has 0 radical (unpaired) electrons. The number of urea groups is 1. The zero-order valence-electron chi connectivity index (χ0n) is 19.3. The van der Waals surface area contributed by atoms with E-state index in [-0.39, 0.29) is 6.03 Å². The summed E-state index contributed by atoms with van der Waals surface area (Å²) in [4.78, 5) is 20.5. The maximum atomic E-state index is 13.4. The highest BCUT2D eigenvalue weighted by Gasteiger charge is 2.28. The Morgan fingerprint density at radius 2 is 1.94 bits per heavy atom. The first-order chi connectivity index (χ1) is 15.6. The molecule has 6 nitrogen and oxygen atoms in total. The number of benzene rings is 2. The number of carbonyl (C=O) groups is 1. The van der Waals surface area contributed by atoms with Gasteiger partial charge >= 0.3 is 6.03 Å². The molecular weight excluding hydrogens is 402 g/mol. The number of anilines is 1. The minimum atomic E-state index is 0.0311. The van der Waals surface area contributed by atoms with Crippen molar-refractivity contribution < 1.29 is 14.3 Å². The van der Waals surface area contributed by atoms with Gasteiger partial charge in [-0.3, -0.25) is 4.90 Å². The van der Waals surface area contributed by atoms with Crippen molar-refractivity contribution in [3.8, 4) is 11.5 Å². The van der Waals surface area contributed by atoms with Gasteiger partial charge in [-0.25, -0.2) is 4.79 Å². The summed E-state index contributed by atoms with van der Waals surface area (Å²) in [5.74, 6) is 1.39. The lowest BCUT2D eigenvalue weighted by molar-refractivity contribution is 0.192. The Balaban J connectivity index is 1.53. The van der Waals surface area contributed by atoms with Gasteiger partial charge in [0.25, 0.3) is 0 Å². The minimum absolute atomic E-state index is 0.0311. The van der Waals surface area contributed by atoms with E-state index in [0.717, 1.165) is 43.4 Å². The summed E-state index contributed by atoms with van der Waals surface area (Å²) < 4.78 is 11.5. The SMILES string of the molecule is CCCCCOc1cc(N2CCCN(Cc3cc(C)cc4[nH]ccc34)C2=O)ccc1OC. The van der Waals surface area contributed by atoms with Crippen LogP contribution in [0, 0.1) is 6.92 Å². The molecule has 0 saturated carbocycles. The number of methoxy groups -OCH3 is 1. The van der Waals surface area contributed by atoms with Crippen LogP contribution in [-0.4, -0.2) is 42.7 Å². The number of ether oxygens (including phenoxy) is 2. The third-order valence-electron chi connectivity index (χ3n) is 6.04. The van der Waals surface area contributed by atoms with E-state index < -0.39 is 0 Å². The molecule has 0 atom stereocenters. The van der Waals surface area contributed by atoms with E-state index in [2.05, 4.69) is 37.0 Å². The van der Waals surface area contributed by atoms with Gasteiger partial charge in [0.2, 0.25) is 0 Å². The molecule has 2 heterocycles. The van der Waals surface area contributed by atoms with E-state index >= 15 is 0 Å². The molecule has 32 heavy (non-hydrogen) atoms. The Morgan fingerprint density at radius 1 is 1.06 bits per heavy atom. The Labute approximate surface area is 190 Å². The average molecular weight is 436 g/mol. The predicted molar refractivity (Wildman–Crippen MR) is 129 cm³/mol. The number of rotatable bonds is 9. The zero-order valence-corrected chi connectivity index (χ0v) is 19.3. The van der Waals surface area contributed by atoms with Crippen molar-refractivity contribution in [2.75, 3.05) is 31.7 Å². The highest BCUT2D eigenvalue weighted by molar-refractivity contribution is 5.93. The van der Waals surface area contributed by atoms with Crippen molar-refractivity contribution in [3.63, 3.8) is 0 Å². The van der Waals surface area contributed by atoms with Crippen molar-refractivity contribution in [1.29, 1.82) is 0 Å². The van der Waals surface area contributed by atoms with Crippen LogP contribution in [0.5, 0.6) is 11.5 Å². The topological polar surface area (TPSA) is 57.8 Å². The fourth-order valence-corrected chi connectivity index (χ4v) is 4.39. The second-order valence-corrected chi connectivity index (χ2v) is 8.46. The fraction of sp³-hybridized carbons (Fsp3) is 0.423. The van der Waals surface area contributed by atoms with Gasteiger partial charge < -0.3 is 19.4 Å². The maximum absolute atomic E-state index is 13.4. The lowest BCUT2D eigenvalue weighted by Gasteiger charge is -2.36. The number of unbranched alkanes of at least 4 members (excludes halogenated alkanes) is 2. The normalized spacial score (nSPS) is 14.3. The number of aromatic amines is 1. The van der Waals surface area contributed by atoms with Crippen LogP contribution in [0.15, 0.2) is 42.6 Å². The number of fused-ring (bicyclic) bond motifs is 1. The first-order valence-corrected chi connectivity index (χ1v) is 11.5. The molecule has 4 rings (SSSR count). The molecule has 1 saturated heterocycles. The molecule has 6 heteroatoms. The first-order valence-electron chi connectivity index (χ1n) is 11.5. The number of aryl methyl sites for hydroxylation is 1. The smallest absolute Gasteiger partial charge is 0.324 e. The quantitative estimate of drug-likeness (QED) is 0.427. The molecule has 1 N–H and O–H groups in total. The average Bonchev–Trinajstić information content (AvgIpc) is 3.26. The standard InChI is InChI=1S/C26H33N3O3/c1-4-5-6-14-32-25-17-21(8-9-24(25)31-3)29-13-7-12-28(26(29)30)18-20-15-19(2)16-23-22(20)10-11-27-23/h8-11,15-17,27H,4-7,12-14,18H2,1-3H3. The molecule has 0 spiro atoms. The highest BCUT2D eigenvalue weighted by atomic mass is 16.5. The Morgan fingerprint density at radius 3 is 2.75 bits per heavy atom. The van der Waals surface area contributed by atoms with E-state index in [9.17, 15) is 4.79 Å². The molecular formula is C26H33N3O3. The van der Waals surface area contributed by atoms with Gasteiger partial charge in [0.05, 0.1) is 13.7 Å². The molecule has 2 amide bonds. The largest absolute Gasteiger partial charge is 0.493 e. The number of nitrogens with zero attached hydrogens (tertiary/aromatic N) is 2. The summed E-state index contributed by atoms with van der Waals surface area (Å²) in [6.07, 6.45) is 6.16. The fourth-order valence-electron chi connectivity index (χ4n) is 4.39. The lowest BCUT2D eigenvalue weighted by Crippen LogP contribution is -2.49. The number of amides is 2. The van der Waals surface area contributed by atoms with E-state index in [4.69, 9.17) is 9.47 Å². The summed E-state index contributed by atoms with van der Waals surface area (Å²) in [6, 6.07) is 12.2. The molecule has 0 unspecified atom stereocenters. The highest BCUT2D eigenvalue weighted by Crippen LogP contribution is 2.33. The second-order valence-electron chi connectivity index (χ2n) is 8.46. The van der Waals surface area contributed by atoms with E-state index in [1.165, 1.54) is 16.5 Å². The van der Waals surface area contributed by atoms with Crippen LogP contribution >= 0.6 is 0 Å². The zero-order chi connectivity index (χ0) is 22.5. The van der Waals surface area contributed by atoms with Gasteiger partial charge in [-0.15, -0.1) is 0 Å². The number of carbonyl (C=O) groups excluding carboxylic acids is 1. The number of H-pyrrole nitrogens is 1. The van der Waals surface area contributed by atoms with Crippen molar-refractivity contribution in [3.05, 3.63) is 53.7 Å². The molecule has 1 aliphatic rings. The van der Waals surface area contributed by atoms with Gasteiger partial charge in [-0.05, 0) is 55.2 Å². The molecule has 170 valence electrons. The summed E-state index contributed by atoms with van der Waals surface area (Å²) in [5, 5.41) is 1.17. The van der Waals surface area contributed by atoms with Crippen molar-refractivity contribution in [2.45, 2.75) is 46.1 Å². The third kappa shape index (κ3) is 4.69. The van der Waals surface area contributed by atoms with E-state index in [1.807, 2.05) is 34.2 Å². The maximum Gasteiger partial charge on any atom is 0.324 e. The van der Waals surface area contributed by atoms with Gasteiger partial charge in [-0.1, -0.05) is 25.8 Å². The summed E-state index contributed by atoms with van der Waals surface area (Å²) in [5.41, 5.74) is 4.32. The van der Waals surface area contributed by atoms with Crippen molar-refractivity contribution >= 4 is 22.6 Å². The second kappa shape index (κ2) is 9.98. The minimum Gasteiger partial charge on any atom is -0.493 e. The number of hydrogen-bond donors (Lipinski definition) is 1. The van der Waals surface area contributed by atoms with Crippen LogP contribution in [0.2, 0.25) is 0 Å². The monoisotopic (exact) mass is 435 g/mol. The van der Waals surface area contributed by atoms with Crippen LogP contribution in [-0.2, 0) is 6.54 Å². The number of hydrogen-bond acceptors (Lipinski definition) is 3. The number of aromatic nitrogens is 1. The van der Waals surface area contributed by atoms with Crippen LogP contribution in [0.4, 0.5) is 10.5 Å². The van der Waals surface area contributed by atoms with Crippen LogP contribution in [0.25, 0.3) is 10.9 Å². The molecule has 0 bridgehead atoms. The van der Waals surface area contributed by atoms with Gasteiger partial charge in [0.15, 0.2) is 11.5 Å². The van der Waals surface area contributed by atoms with Crippen molar-refractivity contribution in [1.82, 2.24) is 9.88 Å². The first kappa shape index (κ1) is 22.1. The van der Waals surface area contributed by atoms with Crippen LogP contribution in [0.1, 0.15) is 43.7 Å². The lowest BCUT2D eigenvalue weighted by atomic mass is 10.1. The van der Waals surface area contributed by atoms with Gasteiger partial charge in [0, 0.05) is 48.5 Å². The summed E-state index contributed by atoms with van der Waals surface area (Å²) in [7, 11) is 1.64. The Kier molecular flexibility index (Phi) is 6.88. The molecule has 0 aliphatic carbocycles. The Bertz CT molecular complexity index is 1080. The third-order valence-corrected chi connectivity index (χ3v) is 6.04. The van der Waals surface area contributed by atoms with Crippen LogP contribution in [0.3, 0.4) is 0 Å². The molecule has 1 fully saturated rings. The van der Waals surface area contributed by atoms with Gasteiger partial charge in [0.1, 0.15) is 0 Å². The molecule has 3 aromatic rings. The predicted octanol–water partition coefficient (Wildman–Crippen LogP) is 5.89. The van der Waals surface area contributed by atoms with Gasteiger partial charge in [-0.2, -0.15) is 0 Å². The summed E-state index contributed by atoms with van der Waals surface area (Å²) in [6.45, 7) is 6.96. The van der Waals surface area contributed by atoms with Crippen LogP contribution < -0.4 is 14.4 Å². The van der Waals surface area contributed by atoms with Crippen molar-refractivity contribution in [2.24, 2.45) is 0 Å². The summed E-state index contributed by atoms with van der Waals surface area (Å²) >= 11 is 0. The molecule has 1 aromatic heterocycles. The molecule has 2 aromatic carbocycles. The van der Waals surface area contributed by atoms with E-state index in [0.29, 0.717) is 31.2 Å². The Hall–Kier alpha value is -3.15. The number of nitrogens with one attached hydrogen (secondary N) is 1. The molecule has 1 aliphatic heterocycles. The van der Waals surface area contributed by atoms with E-state index in [1.54, 1.807) is 7.11 Å².